The van der Waals surface area contributed by atoms with E-state index >= 15 is 0 Å². The zero-order chi connectivity index (χ0) is 17.2. The molecule has 0 unspecified atom stereocenters. The molecule has 0 fully saturated rings. The summed E-state index contributed by atoms with van der Waals surface area (Å²) in [5.74, 6) is -0.0429. The lowest BCUT2D eigenvalue weighted by Gasteiger charge is -2.28. The second kappa shape index (κ2) is 6.76. The van der Waals surface area contributed by atoms with Crippen molar-refractivity contribution in [3.8, 4) is 0 Å². The van der Waals surface area contributed by atoms with Crippen LogP contribution in [0.25, 0.3) is 0 Å². The van der Waals surface area contributed by atoms with Crippen molar-refractivity contribution in [3.05, 3.63) is 81.6 Å². The fraction of sp³-hybridized carbons (Fsp3) is 0.250. The van der Waals surface area contributed by atoms with Crippen molar-refractivity contribution in [3.63, 3.8) is 0 Å². The van der Waals surface area contributed by atoms with E-state index < -0.39 is 0 Å². The zero-order valence-electron chi connectivity index (χ0n) is 14.1. The highest BCUT2D eigenvalue weighted by Crippen LogP contribution is 2.28. The topological polar surface area (TPSA) is 46.1 Å². The summed E-state index contributed by atoms with van der Waals surface area (Å²) in [5.41, 5.74) is 3.91. The Morgan fingerprint density at radius 1 is 1.12 bits per heavy atom. The summed E-state index contributed by atoms with van der Waals surface area (Å²) in [5, 5.41) is 2.05. The summed E-state index contributed by atoms with van der Waals surface area (Å²) in [6, 6.07) is 12.7. The Hall–Kier alpha value is -2.53. The molecule has 0 bridgehead atoms. The van der Waals surface area contributed by atoms with Gasteiger partial charge in [-0.25, -0.2) is 4.98 Å². The van der Waals surface area contributed by atoms with E-state index in [9.17, 15) is 4.79 Å². The predicted molar refractivity (Wildman–Crippen MR) is 98.6 cm³/mol. The minimum absolute atomic E-state index is 0.0429. The molecule has 1 amide bonds. The lowest BCUT2D eigenvalue weighted by Crippen LogP contribution is -2.40. The second-order valence-corrected chi connectivity index (χ2v) is 7.42. The van der Waals surface area contributed by atoms with Gasteiger partial charge in [0.15, 0.2) is 0 Å². The van der Waals surface area contributed by atoms with E-state index in [0.717, 1.165) is 18.5 Å². The van der Waals surface area contributed by atoms with Gasteiger partial charge >= 0.3 is 0 Å². The molecule has 3 aromatic rings. The van der Waals surface area contributed by atoms with Crippen molar-refractivity contribution < 1.29 is 4.79 Å². The van der Waals surface area contributed by atoms with Gasteiger partial charge in [0, 0.05) is 17.1 Å². The maximum absolute atomic E-state index is 13.1. The van der Waals surface area contributed by atoms with Gasteiger partial charge in [-0.05, 0) is 42.3 Å². The average molecular weight is 349 g/mol. The first kappa shape index (κ1) is 16.0. The highest BCUT2D eigenvalue weighted by atomic mass is 32.1. The number of aromatic nitrogens is 2. The third kappa shape index (κ3) is 3.33. The van der Waals surface area contributed by atoms with Crippen molar-refractivity contribution >= 4 is 17.2 Å². The van der Waals surface area contributed by atoms with Gasteiger partial charge in [-0.2, -0.15) is 0 Å². The van der Waals surface area contributed by atoms with Crippen molar-refractivity contribution in [2.75, 3.05) is 0 Å². The Balaban J connectivity index is 1.63. The smallest absolute Gasteiger partial charge is 0.274 e. The summed E-state index contributed by atoms with van der Waals surface area (Å²) in [4.78, 5) is 24.8. The molecule has 25 heavy (non-hydrogen) atoms. The molecule has 0 spiro atoms. The van der Waals surface area contributed by atoms with Crippen LogP contribution in [0.1, 0.15) is 32.2 Å². The van der Waals surface area contributed by atoms with Crippen LogP contribution in [-0.4, -0.2) is 26.8 Å². The minimum atomic E-state index is -0.0429. The fourth-order valence-electron chi connectivity index (χ4n) is 3.34. The number of carbonyl (C=O) groups excluding carboxylic acids is 1. The fourth-order valence-corrected chi connectivity index (χ4v) is 4.05. The molecule has 126 valence electrons. The number of hydrogen-bond donors (Lipinski definition) is 0. The highest BCUT2D eigenvalue weighted by molar-refractivity contribution is 7.09. The molecule has 0 saturated carbocycles. The standard InChI is InChI=1S/C20H19N3OS/c1-14-11-22-19(12-21-14)20(24)23(13-18-7-4-8-25-18)17-9-15-5-2-3-6-16(15)10-17/h2-8,11-12,17H,9-10,13H2,1H3. The minimum Gasteiger partial charge on any atom is -0.328 e. The maximum Gasteiger partial charge on any atom is 0.274 e. The lowest BCUT2D eigenvalue weighted by atomic mass is 10.1. The maximum atomic E-state index is 13.1. The molecule has 0 saturated heterocycles. The van der Waals surface area contributed by atoms with E-state index in [4.69, 9.17) is 0 Å². The second-order valence-electron chi connectivity index (χ2n) is 6.39. The molecule has 0 radical (unpaired) electrons. The first-order valence-corrected chi connectivity index (χ1v) is 9.27. The van der Waals surface area contributed by atoms with Gasteiger partial charge in [-0.15, -0.1) is 11.3 Å². The van der Waals surface area contributed by atoms with Crippen LogP contribution < -0.4 is 0 Å². The van der Waals surface area contributed by atoms with E-state index in [0.29, 0.717) is 12.2 Å². The molecule has 0 aliphatic heterocycles. The third-order valence-corrected chi connectivity index (χ3v) is 5.50. The van der Waals surface area contributed by atoms with Crippen molar-refractivity contribution in [2.45, 2.75) is 32.4 Å². The highest BCUT2D eigenvalue weighted by Gasteiger charge is 2.31. The van der Waals surface area contributed by atoms with Crippen molar-refractivity contribution in [2.24, 2.45) is 0 Å². The molecule has 0 N–H and O–H groups in total. The Morgan fingerprint density at radius 2 is 1.88 bits per heavy atom. The van der Waals surface area contributed by atoms with Crippen LogP contribution in [0.2, 0.25) is 0 Å². The van der Waals surface area contributed by atoms with Crippen LogP contribution in [0.3, 0.4) is 0 Å². The predicted octanol–water partition coefficient (Wildman–Crippen LogP) is 3.66. The molecular formula is C20H19N3OS. The van der Waals surface area contributed by atoms with E-state index in [1.54, 1.807) is 23.7 Å². The molecule has 1 aromatic carbocycles. The van der Waals surface area contributed by atoms with Crippen LogP contribution in [0.15, 0.2) is 54.2 Å². The summed E-state index contributed by atoms with van der Waals surface area (Å²) < 4.78 is 0. The van der Waals surface area contributed by atoms with Gasteiger partial charge in [0.05, 0.1) is 18.4 Å². The molecule has 5 heteroatoms. The third-order valence-electron chi connectivity index (χ3n) is 4.64. The number of nitrogens with zero attached hydrogens (tertiary/aromatic N) is 3. The number of benzene rings is 1. The van der Waals surface area contributed by atoms with Crippen LogP contribution in [-0.2, 0) is 19.4 Å². The Bertz CT molecular complexity index is 849. The monoisotopic (exact) mass is 349 g/mol. The largest absolute Gasteiger partial charge is 0.328 e. The number of aryl methyl sites for hydroxylation is 1. The summed E-state index contributed by atoms with van der Waals surface area (Å²) in [6.45, 7) is 2.49. The van der Waals surface area contributed by atoms with Crippen molar-refractivity contribution in [1.29, 1.82) is 0 Å². The first-order chi connectivity index (χ1) is 12.2. The summed E-state index contributed by atoms with van der Waals surface area (Å²) >= 11 is 1.68. The van der Waals surface area contributed by atoms with E-state index in [2.05, 4.69) is 40.3 Å². The van der Waals surface area contributed by atoms with Crippen molar-refractivity contribution in [1.82, 2.24) is 14.9 Å². The average Bonchev–Trinajstić information content (AvgIpc) is 3.29. The number of rotatable bonds is 4. The van der Waals surface area contributed by atoms with Gasteiger partial charge in [0.1, 0.15) is 5.69 Å². The van der Waals surface area contributed by atoms with E-state index in [-0.39, 0.29) is 11.9 Å². The molecule has 0 atom stereocenters. The number of hydrogen-bond acceptors (Lipinski definition) is 4. The Kier molecular flexibility index (Phi) is 4.32. The Labute approximate surface area is 151 Å². The summed E-state index contributed by atoms with van der Waals surface area (Å²) in [6.07, 6.45) is 5.03. The lowest BCUT2D eigenvalue weighted by molar-refractivity contribution is 0.0663. The molecule has 4 rings (SSSR count). The van der Waals surface area contributed by atoms with Crippen LogP contribution in [0, 0.1) is 6.92 Å². The molecular weight excluding hydrogens is 330 g/mol. The van der Waals surface area contributed by atoms with Crippen LogP contribution in [0.4, 0.5) is 0 Å². The van der Waals surface area contributed by atoms with Crippen LogP contribution in [0.5, 0.6) is 0 Å². The summed E-state index contributed by atoms with van der Waals surface area (Å²) in [7, 11) is 0. The molecule has 1 aliphatic rings. The number of fused-ring (bicyclic) bond motifs is 1. The van der Waals surface area contributed by atoms with Gasteiger partial charge in [0.25, 0.3) is 5.91 Å². The molecule has 1 aliphatic carbocycles. The quantitative estimate of drug-likeness (QED) is 0.722. The van der Waals surface area contributed by atoms with E-state index in [1.807, 2.05) is 23.3 Å². The van der Waals surface area contributed by atoms with Gasteiger partial charge in [0.2, 0.25) is 0 Å². The normalized spacial score (nSPS) is 13.6. The Morgan fingerprint density at radius 3 is 2.48 bits per heavy atom. The zero-order valence-corrected chi connectivity index (χ0v) is 14.9. The van der Waals surface area contributed by atoms with Crippen LogP contribution >= 0.6 is 11.3 Å². The molecule has 2 aromatic heterocycles. The van der Waals surface area contributed by atoms with E-state index in [1.165, 1.54) is 16.0 Å². The van der Waals surface area contributed by atoms with Gasteiger partial charge in [-0.1, -0.05) is 30.3 Å². The number of carbonyl (C=O) groups is 1. The molecule has 4 nitrogen and oxygen atoms in total. The van der Waals surface area contributed by atoms with Gasteiger partial charge < -0.3 is 4.90 Å². The number of thiophene rings is 1. The van der Waals surface area contributed by atoms with Gasteiger partial charge in [-0.3, -0.25) is 9.78 Å². The first-order valence-electron chi connectivity index (χ1n) is 8.39. The SMILES string of the molecule is Cc1cnc(C(=O)N(Cc2cccs2)C2Cc3ccccc3C2)cn1. The number of amides is 1. The molecule has 2 heterocycles.